The molecule has 0 amide bonds. The maximum atomic E-state index is 13.3. The van der Waals surface area contributed by atoms with E-state index in [0.717, 1.165) is 42.5 Å². The molecule has 0 radical (unpaired) electrons. The van der Waals surface area contributed by atoms with Gasteiger partial charge in [0.2, 0.25) is 10.0 Å². The van der Waals surface area contributed by atoms with E-state index in [-0.39, 0.29) is 17.3 Å². The minimum absolute atomic E-state index is 0.248. The van der Waals surface area contributed by atoms with Crippen LogP contribution in [0.25, 0.3) is 11.1 Å². The molecule has 0 saturated heterocycles. The zero-order chi connectivity index (χ0) is 20.7. The Balaban J connectivity index is 1.81. The van der Waals surface area contributed by atoms with E-state index < -0.39 is 10.0 Å². The minimum Gasteiger partial charge on any atom is -0.347 e. The van der Waals surface area contributed by atoms with Gasteiger partial charge in [-0.15, -0.1) is 0 Å². The van der Waals surface area contributed by atoms with Gasteiger partial charge in [0.25, 0.3) is 0 Å². The number of unbranched alkanes of at least 4 members (excludes halogenated alkanes) is 3. The first-order valence-electron chi connectivity index (χ1n) is 9.84. The molecular weight excluding hydrogens is 389 g/mol. The standard InChI is InChI=1S/C22H26FN3O2S/c1-2-3-4-5-14-26(16-21-15-24-17-25-21)29(27,28)22-12-8-19(9-13-22)18-6-10-20(23)11-7-18/h6-13,15,17H,2-5,14,16H2,1H3,(H,24,25). The van der Waals surface area contributed by atoms with Crippen molar-refractivity contribution in [1.82, 2.24) is 14.3 Å². The second-order valence-electron chi connectivity index (χ2n) is 7.01. The fourth-order valence-corrected chi connectivity index (χ4v) is 4.63. The monoisotopic (exact) mass is 415 g/mol. The number of nitrogens with one attached hydrogen (secondary N) is 1. The van der Waals surface area contributed by atoms with E-state index in [4.69, 9.17) is 0 Å². The van der Waals surface area contributed by atoms with Crippen LogP contribution in [0.5, 0.6) is 0 Å². The van der Waals surface area contributed by atoms with Crippen LogP contribution in [-0.4, -0.2) is 29.2 Å². The number of halogens is 1. The summed E-state index contributed by atoms with van der Waals surface area (Å²) in [6.07, 6.45) is 7.19. The number of rotatable bonds is 10. The van der Waals surface area contributed by atoms with Crippen molar-refractivity contribution in [3.8, 4) is 11.1 Å². The summed E-state index contributed by atoms with van der Waals surface area (Å²) in [6, 6.07) is 12.9. The van der Waals surface area contributed by atoms with E-state index in [9.17, 15) is 12.8 Å². The van der Waals surface area contributed by atoms with Crippen molar-refractivity contribution >= 4 is 10.0 Å². The van der Waals surface area contributed by atoms with Crippen LogP contribution in [0.4, 0.5) is 4.39 Å². The van der Waals surface area contributed by atoms with Gasteiger partial charge in [0.1, 0.15) is 5.82 Å². The molecule has 0 aliphatic carbocycles. The largest absolute Gasteiger partial charge is 0.347 e. The van der Waals surface area contributed by atoms with Gasteiger partial charge in [-0.3, -0.25) is 0 Å². The van der Waals surface area contributed by atoms with E-state index >= 15 is 0 Å². The number of imidazole rings is 1. The van der Waals surface area contributed by atoms with Crippen LogP contribution in [-0.2, 0) is 16.6 Å². The minimum atomic E-state index is -3.64. The molecule has 0 atom stereocenters. The molecule has 2 aromatic carbocycles. The number of hydrogen-bond acceptors (Lipinski definition) is 3. The second-order valence-corrected chi connectivity index (χ2v) is 8.95. The smallest absolute Gasteiger partial charge is 0.243 e. The molecule has 0 bridgehead atoms. The van der Waals surface area contributed by atoms with E-state index in [1.807, 2.05) is 0 Å². The molecule has 0 aliphatic heterocycles. The second kappa shape index (κ2) is 9.80. The summed E-state index contributed by atoms with van der Waals surface area (Å²) in [6.45, 7) is 2.84. The van der Waals surface area contributed by atoms with Crippen molar-refractivity contribution in [3.63, 3.8) is 0 Å². The van der Waals surface area contributed by atoms with Crippen molar-refractivity contribution in [2.75, 3.05) is 6.54 Å². The Bertz CT molecular complexity index is 986. The van der Waals surface area contributed by atoms with Crippen molar-refractivity contribution in [2.24, 2.45) is 0 Å². The van der Waals surface area contributed by atoms with Crippen LogP contribution >= 0.6 is 0 Å². The number of benzene rings is 2. The summed E-state index contributed by atoms with van der Waals surface area (Å²) >= 11 is 0. The molecule has 0 spiro atoms. The lowest BCUT2D eigenvalue weighted by Gasteiger charge is -2.22. The van der Waals surface area contributed by atoms with Gasteiger partial charge in [0, 0.05) is 18.4 Å². The lowest BCUT2D eigenvalue weighted by atomic mass is 10.1. The first-order valence-corrected chi connectivity index (χ1v) is 11.3. The third-order valence-corrected chi connectivity index (χ3v) is 6.69. The third-order valence-electron chi connectivity index (χ3n) is 4.83. The summed E-state index contributed by atoms with van der Waals surface area (Å²) < 4.78 is 41.1. The summed E-state index contributed by atoms with van der Waals surface area (Å²) in [7, 11) is -3.64. The Morgan fingerprint density at radius 2 is 1.62 bits per heavy atom. The fraction of sp³-hybridized carbons (Fsp3) is 0.318. The molecule has 29 heavy (non-hydrogen) atoms. The molecule has 1 heterocycles. The molecule has 1 N–H and O–H groups in total. The predicted molar refractivity (Wildman–Crippen MR) is 112 cm³/mol. The van der Waals surface area contributed by atoms with Gasteiger partial charge < -0.3 is 4.98 Å². The third kappa shape index (κ3) is 5.52. The Morgan fingerprint density at radius 3 is 2.21 bits per heavy atom. The van der Waals surface area contributed by atoms with E-state index in [2.05, 4.69) is 16.9 Å². The normalized spacial score (nSPS) is 11.8. The molecule has 0 saturated carbocycles. The molecule has 7 heteroatoms. The van der Waals surface area contributed by atoms with Crippen molar-refractivity contribution in [2.45, 2.75) is 44.0 Å². The highest BCUT2D eigenvalue weighted by molar-refractivity contribution is 7.89. The number of aromatic nitrogens is 2. The molecule has 3 aromatic rings. The zero-order valence-corrected chi connectivity index (χ0v) is 17.3. The van der Waals surface area contributed by atoms with Gasteiger partial charge in [-0.2, -0.15) is 4.31 Å². The number of hydrogen-bond donors (Lipinski definition) is 1. The molecule has 5 nitrogen and oxygen atoms in total. The first kappa shape index (κ1) is 21.2. The highest BCUT2D eigenvalue weighted by Crippen LogP contribution is 2.24. The van der Waals surface area contributed by atoms with E-state index in [1.165, 1.54) is 16.4 Å². The van der Waals surface area contributed by atoms with Crippen molar-refractivity contribution in [3.05, 3.63) is 72.6 Å². The van der Waals surface area contributed by atoms with Gasteiger partial charge in [-0.1, -0.05) is 50.5 Å². The molecule has 0 fully saturated rings. The summed E-state index contributed by atoms with van der Waals surface area (Å²) in [5.41, 5.74) is 2.43. The number of aromatic amines is 1. The van der Waals surface area contributed by atoms with Crippen molar-refractivity contribution < 1.29 is 12.8 Å². The Hall–Kier alpha value is -2.51. The van der Waals surface area contributed by atoms with Gasteiger partial charge >= 0.3 is 0 Å². The topological polar surface area (TPSA) is 66.1 Å². The molecule has 3 rings (SSSR count). The van der Waals surface area contributed by atoms with E-state index in [1.54, 1.807) is 48.9 Å². The molecule has 154 valence electrons. The summed E-state index contributed by atoms with van der Waals surface area (Å²) in [4.78, 5) is 7.22. The lowest BCUT2D eigenvalue weighted by molar-refractivity contribution is 0.389. The van der Waals surface area contributed by atoms with Crippen molar-refractivity contribution in [1.29, 1.82) is 0 Å². The van der Waals surface area contributed by atoms with Crippen LogP contribution in [0.1, 0.15) is 38.3 Å². The molecule has 0 unspecified atom stereocenters. The van der Waals surface area contributed by atoms with Gasteiger partial charge in [-0.05, 0) is 41.8 Å². The summed E-state index contributed by atoms with van der Waals surface area (Å²) in [5.74, 6) is -0.300. The van der Waals surface area contributed by atoms with Crippen LogP contribution in [0.15, 0.2) is 66.0 Å². The zero-order valence-electron chi connectivity index (χ0n) is 16.5. The predicted octanol–water partition coefficient (Wildman–Crippen LogP) is 4.99. The number of nitrogens with zero attached hydrogens (tertiary/aromatic N) is 2. The summed E-state index contributed by atoms with van der Waals surface area (Å²) in [5, 5.41) is 0. The number of sulfonamides is 1. The highest BCUT2D eigenvalue weighted by atomic mass is 32.2. The van der Waals surface area contributed by atoms with Gasteiger partial charge in [0.05, 0.1) is 17.8 Å². The quantitative estimate of drug-likeness (QED) is 0.475. The average molecular weight is 416 g/mol. The maximum Gasteiger partial charge on any atom is 0.243 e. The van der Waals surface area contributed by atoms with Crippen LogP contribution in [0.3, 0.4) is 0 Å². The van der Waals surface area contributed by atoms with Crippen LogP contribution in [0.2, 0.25) is 0 Å². The highest BCUT2D eigenvalue weighted by Gasteiger charge is 2.24. The maximum absolute atomic E-state index is 13.3. The molecule has 1 aromatic heterocycles. The Labute approximate surface area is 171 Å². The van der Waals surface area contributed by atoms with Gasteiger partial charge in [0.15, 0.2) is 0 Å². The first-order chi connectivity index (χ1) is 14.0. The fourth-order valence-electron chi connectivity index (χ4n) is 3.17. The SMILES string of the molecule is CCCCCCN(Cc1cnc[nH]1)S(=O)(=O)c1ccc(-c2ccc(F)cc2)cc1. The van der Waals surface area contributed by atoms with E-state index in [0.29, 0.717) is 6.54 Å². The van der Waals surface area contributed by atoms with Crippen LogP contribution in [0, 0.1) is 5.82 Å². The Kier molecular flexibility index (Phi) is 7.17. The molecule has 0 aliphatic rings. The average Bonchev–Trinajstić information content (AvgIpc) is 3.24. The molecular formula is C22H26FN3O2S. The number of H-pyrrole nitrogens is 1. The Morgan fingerprint density at radius 1 is 0.966 bits per heavy atom. The van der Waals surface area contributed by atoms with Crippen LogP contribution < -0.4 is 0 Å². The lowest BCUT2D eigenvalue weighted by Crippen LogP contribution is -2.31. The van der Waals surface area contributed by atoms with Gasteiger partial charge in [-0.25, -0.2) is 17.8 Å².